The predicted molar refractivity (Wildman–Crippen MR) is 120 cm³/mol. The van der Waals surface area contributed by atoms with Gasteiger partial charge in [-0.05, 0) is 19.9 Å². The van der Waals surface area contributed by atoms with Gasteiger partial charge in [0.2, 0.25) is 0 Å². The second-order valence-corrected chi connectivity index (χ2v) is 7.77. The van der Waals surface area contributed by atoms with Gasteiger partial charge in [0.05, 0.1) is 12.2 Å². The van der Waals surface area contributed by atoms with Crippen molar-refractivity contribution in [1.29, 1.82) is 5.26 Å². The number of pyridine rings is 1. The Morgan fingerprint density at radius 3 is 2.77 bits per heavy atom. The van der Waals surface area contributed by atoms with Crippen LogP contribution >= 0.6 is 0 Å². The summed E-state index contributed by atoms with van der Waals surface area (Å²) in [7, 11) is 5.51. The molecule has 0 spiro atoms. The van der Waals surface area contributed by atoms with Gasteiger partial charge in [-0.25, -0.2) is 4.98 Å². The lowest BCUT2D eigenvalue weighted by Gasteiger charge is -2.26. The molecule has 3 heterocycles. The number of anilines is 1. The van der Waals surface area contributed by atoms with E-state index in [4.69, 9.17) is 10.5 Å². The highest BCUT2D eigenvalue weighted by Crippen LogP contribution is 2.35. The molecule has 2 bridgehead atoms. The van der Waals surface area contributed by atoms with E-state index >= 15 is 0 Å². The minimum absolute atomic E-state index is 0.289. The maximum atomic E-state index is 9.78. The molecule has 0 amide bonds. The molecule has 2 aromatic heterocycles. The third-order valence-corrected chi connectivity index (χ3v) is 5.55. The van der Waals surface area contributed by atoms with Crippen molar-refractivity contribution in [3.63, 3.8) is 0 Å². The van der Waals surface area contributed by atoms with E-state index in [2.05, 4.69) is 46.3 Å². The first-order valence-electron chi connectivity index (χ1n) is 10.0. The number of benzene rings is 1. The highest BCUT2D eigenvalue weighted by molar-refractivity contribution is 6.00. The summed E-state index contributed by atoms with van der Waals surface area (Å²) in [5, 5.41) is 14.4. The van der Waals surface area contributed by atoms with Crippen molar-refractivity contribution < 1.29 is 4.74 Å². The van der Waals surface area contributed by atoms with Crippen LogP contribution in [0, 0.1) is 18.3 Å². The Balaban J connectivity index is 2.01. The fourth-order valence-corrected chi connectivity index (χ4v) is 4.08. The number of amidine groups is 1. The molecule has 4 rings (SSSR count). The van der Waals surface area contributed by atoms with E-state index in [1.165, 1.54) is 0 Å². The van der Waals surface area contributed by atoms with Gasteiger partial charge in [0.25, 0.3) is 0 Å². The molecule has 158 valence electrons. The minimum atomic E-state index is -0.289. The SMILES string of the molecule is C/N=C1/c2ccc(C)cc2[C@@H](C)Oc2cc(cnc2N)-c2c(nn(C)c2C#N)CN1C. The summed E-state index contributed by atoms with van der Waals surface area (Å²) in [6, 6.07) is 10.3. The van der Waals surface area contributed by atoms with Crippen molar-refractivity contribution in [3.8, 4) is 22.9 Å². The zero-order chi connectivity index (χ0) is 22.3. The highest BCUT2D eigenvalue weighted by Gasteiger charge is 2.25. The van der Waals surface area contributed by atoms with Crippen molar-refractivity contribution in [1.82, 2.24) is 19.7 Å². The molecule has 0 fully saturated rings. The molecule has 1 aliphatic rings. The number of hydrogen-bond donors (Lipinski definition) is 1. The van der Waals surface area contributed by atoms with E-state index < -0.39 is 0 Å². The average molecular weight is 416 g/mol. The Morgan fingerprint density at radius 2 is 2.06 bits per heavy atom. The van der Waals surface area contributed by atoms with E-state index in [9.17, 15) is 5.26 Å². The Morgan fingerprint density at radius 1 is 1.29 bits per heavy atom. The standard InChI is InChI=1S/C23H25N7O/c1-13-6-7-16-17(8-13)14(2)31-20-9-15(11-27-22(20)25)21-18(12-29(4)23(16)26-3)28-30(5)19(21)10-24/h6-9,11,14H,12H2,1-5H3,(H2,25,27)/b26-23-/t14-/m1/s1. The molecule has 8 nitrogen and oxygen atoms in total. The predicted octanol–water partition coefficient (Wildman–Crippen LogP) is 3.21. The first-order valence-corrected chi connectivity index (χ1v) is 10.0. The van der Waals surface area contributed by atoms with Gasteiger partial charge < -0.3 is 15.4 Å². The van der Waals surface area contributed by atoms with Gasteiger partial charge in [-0.3, -0.25) is 9.67 Å². The quantitative estimate of drug-likeness (QED) is 0.604. The smallest absolute Gasteiger partial charge is 0.166 e. The van der Waals surface area contributed by atoms with Crippen molar-refractivity contribution in [3.05, 3.63) is 58.5 Å². The molecule has 0 unspecified atom stereocenters. The maximum Gasteiger partial charge on any atom is 0.166 e. The lowest BCUT2D eigenvalue weighted by atomic mass is 9.98. The van der Waals surface area contributed by atoms with Gasteiger partial charge in [-0.1, -0.05) is 23.8 Å². The maximum absolute atomic E-state index is 9.78. The molecule has 0 saturated heterocycles. The van der Waals surface area contributed by atoms with Crippen LogP contribution in [0.2, 0.25) is 0 Å². The lowest BCUT2D eigenvalue weighted by molar-refractivity contribution is 0.227. The Hall–Kier alpha value is -3.86. The van der Waals surface area contributed by atoms with E-state index in [1.54, 1.807) is 25.0 Å². The van der Waals surface area contributed by atoms with E-state index in [0.717, 1.165) is 39.3 Å². The first kappa shape index (κ1) is 20.4. The van der Waals surface area contributed by atoms with E-state index in [-0.39, 0.29) is 6.10 Å². The summed E-state index contributed by atoms with van der Waals surface area (Å²) < 4.78 is 7.89. The molecule has 1 aliphatic heterocycles. The fraction of sp³-hybridized carbons (Fsp3) is 0.304. The van der Waals surface area contributed by atoms with E-state index in [1.807, 2.05) is 24.9 Å². The monoisotopic (exact) mass is 415 g/mol. The molecule has 0 aliphatic carbocycles. The summed E-state index contributed by atoms with van der Waals surface area (Å²) in [6.45, 7) is 4.51. The summed E-state index contributed by atoms with van der Waals surface area (Å²) in [5.41, 5.74) is 11.9. The molecule has 1 aromatic carbocycles. The second kappa shape index (κ2) is 7.76. The van der Waals surface area contributed by atoms with Crippen LogP contribution in [-0.2, 0) is 13.6 Å². The molecule has 2 N–H and O–H groups in total. The van der Waals surface area contributed by atoms with Gasteiger partial charge >= 0.3 is 0 Å². The number of nitrogen functional groups attached to an aromatic ring is 1. The Kier molecular flexibility index (Phi) is 5.11. The van der Waals surface area contributed by atoms with E-state index in [0.29, 0.717) is 23.8 Å². The van der Waals surface area contributed by atoms with Gasteiger partial charge in [-0.15, -0.1) is 0 Å². The molecular weight excluding hydrogens is 390 g/mol. The lowest BCUT2D eigenvalue weighted by Crippen LogP contribution is -2.29. The van der Waals surface area contributed by atoms with Crippen LogP contribution in [0.3, 0.4) is 0 Å². The van der Waals surface area contributed by atoms with Crippen molar-refractivity contribution >= 4 is 11.7 Å². The van der Waals surface area contributed by atoms with Crippen LogP contribution in [0.4, 0.5) is 5.82 Å². The zero-order valence-corrected chi connectivity index (χ0v) is 18.3. The number of nitrogens with zero attached hydrogens (tertiary/aromatic N) is 6. The number of hydrogen-bond acceptors (Lipinski definition) is 6. The summed E-state index contributed by atoms with van der Waals surface area (Å²) in [4.78, 5) is 11.0. The molecule has 8 heteroatoms. The van der Waals surface area contributed by atoms with Crippen LogP contribution in [0.25, 0.3) is 11.1 Å². The molecule has 31 heavy (non-hydrogen) atoms. The number of nitrogens with two attached hydrogens (primary N) is 1. The fourth-order valence-electron chi connectivity index (χ4n) is 4.08. The van der Waals surface area contributed by atoms with Crippen molar-refractivity contribution in [2.45, 2.75) is 26.5 Å². The highest BCUT2D eigenvalue weighted by atomic mass is 16.5. The summed E-state index contributed by atoms with van der Waals surface area (Å²) in [6.07, 6.45) is 1.37. The number of ether oxygens (including phenoxy) is 1. The molecule has 3 aromatic rings. The van der Waals surface area contributed by atoms with Crippen molar-refractivity contribution in [2.75, 3.05) is 19.8 Å². The zero-order valence-electron chi connectivity index (χ0n) is 18.3. The topological polar surface area (TPSA) is 105 Å². The number of fused-ring (bicyclic) bond motifs is 5. The second-order valence-electron chi connectivity index (χ2n) is 7.77. The molecule has 0 radical (unpaired) electrons. The number of aryl methyl sites for hydroxylation is 2. The molecule has 1 atom stereocenters. The van der Waals surface area contributed by atoms with Gasteiger partial charge in [0, 0.05) is 49.6 Å². The number of aliphatic imine (C=N–C) groups is 1. The van der Waals surface area contributed by atoms with Crippen LogP contribution in [0.1, 0.15) is 41.1 Å². The third kappa shape index (κ3) is 3.48. The third-order valence-electron chi connectivity index (χ3n) is 5.55. The van der Waals surface area contributed by atoms with Crippen LogP contribution in [0.15, 0.2) is 35.5 Å². The van der Waals surface area contributed by atoms with Gasteiger partial charge in [-0.2, -0.15) is 10.4 Å². The van der Waals surface area contributed by atoms with Crippen LogP contribution in [0.5, 0.6) is 5.75 Å². The Labute approximate surface area is 181 Å². The molecular formula is C23H25N7O. The average Bonchev–Trinajstić information content (AvgIpc) is 3.05. The Bertz CT molecular complexity index is 1240. The number of aromatic nitrogens is 3. The van der Waals surface area contributed by atoms with Crippen molar-refractivity contribution in [2.24, 2.45) is 12.0 Å². The number of rotatable bonds is 0. The largest absolute Gasteiger partial charge is 0.482 e. The normalized spacial score (nSPS) is 17.1. The summed E-state index contributed by atoms with van der Waals surface area (Å²) >= 11 is 0. The first-order chi connectivity index (χ1) is 14.8. The summed E-state index contributed by atoms with van der Waals surface area (Å²) in [5.74, 6) is 1.59. The van der Waals surface area contributed by atoms with Gasteiger partial charge in [0.1, 0.15) is 23.7 Å². The van der Waals surface area contributed by atoms with Crippen LogP contribution < -0.4 is 10.5 Å². The number of nitriles is 1. The van der Waals surface area contributed by atoms with Gasteiger partial charge in [0.15, 0.2) is 11.6 Å². The molecule has 0 saturated carbocycles. The minimum Gasteiger partial charge on any atom is -0.482 e. The van der Waals surface area contributed by atoms with Crippen LogP contribution in [-0.4, -0.2) is 39.6 Å².